The second-order valence-corrected chi connectivity index (χ2v) is 7.61. The fourth-order valence-corrected chi connectivity index (χ4v) is 3.48. The highest BCUT2D eigenvalue weighted by atomic mass is 35.5. The quantitative estimate of drug-likeness (QED) is 0.583. The van der Waals surface area contributed by atoms with E-state index in [1.165, 1.54) is 23.8 Å². The van der Waals surface area contributed by atoms with E-state index in [2.05, 4.69) is 10.3 Å². The van der Waals surface area contributed by atoms with E-state index in [4.69, 9.17) is 16.3 Å². The molecule has 0 aliphatic rings. The number of hydrogen-bond donors (Lipinski definition) is 1. The highest BCUT2D eigenvalue weighted by Crippen LogP contribution is 2.24. The summed E-state index contributed by atoms with van der Waals surface area (Å²) in [6, 6.07) is 14.8. The van der Waals surface area contributed by atoms with E-state index in [1.807, 2.05) is 36.6 Å². The van der Waals surface area contributed by atoms with Crippen molar-refractivity contribution in [1.82, 2.24) is 4.98 Å². The van der Waals surface area contributed by atoms with Crippen molar-refractivity contribution in [2.75, 3.05) is 5.32 Å². The molecule has 1 N–H and O–H groups in total. The average molecular weight is 415 g/mol. The Morgan fingerprint density at radius 2 is 1.96 bits per heavy atom. The molecule has 1 atom stereocenters. The summed E-state index contributed by atoms with van der Waals surface area (Å²) in [4.78, 5) is 28.8. The molecule has 3 aromatic rings. The Hall–Kier alpha value is -2.70. The Kier molecular flexibility index (Phi) is 6.44. The average Bonchev–Trinajstić information content (AvgIpc) is 3.10. The van der Waals surface area contributed by atoms with E-state index in [9.17, 15) is 9.59 Å². The van der Waals surface area contributed by atoms with Crippen LogP contribution in [0.4, 0.5) is 5.69 Å². The fraction of sp³-hybridized carbons (Fsp3) is 0.190. The summed E-state index contributed by atoms with van der Waals surface area (Å²) >= 11 is 7.36. The van der Waals surface area contributed by atoms with Crippen LogP contribution in [-0.2, 0) is 20.7 Å². The van der Waals surface area contributed by atoms with Gasteiger partial charge in [-0.3, -0.25) is 9.59 Å². The number of esters is 1. The summed E-state index contributed by atoms with van der Waals surface area (Å²) in [6.07, 6.45) is -0.918. The van der Waals surface area contributed by atoms with Crippen LogP contribution in [0.15, 0.2) is 53.9 Å². The number of amides is 1. The van der Waals surface area contributed by atoms with Crippen LogP contribution in [0.5, 0.6) is 0 Å². The van der Waals surface area contributed by atoms with E-state index in [1.54, 1.807) is 24.3 Å². The minimum absolute atomic E-state index is 0.0111. The zero-order valence-electron chi connectivity index (χ0n) is 15.4. The maximum absolute atomic E-state index is 12.2. The summed E-state index contributed by atoms with van der Waals surface area (Å²) in [5.74, 6) is -0.927. The second-order valence-electron chi connectivity index (χ2n) is 6.32. The summed E-state index contributed by atoms with van der Waals surface area (Å²) in [6.45, 7) is 3.55. The molecule has 3 rings (SSSR count). The number of carbonyl (C=O) groups excluding carboxylic acids is 2. The first kappa shape index (κ1) is 20.0. The zero-order valence-corrected chi connectivity index (χ0v) is 17.0. The Balaban J connectivity index is 1.55. The number of ether oxygens (including phenoxy) is 1. The first-order valence-corrected chi connectivity index (χ1v) is 9.94. The SMILES string of the molecule is Cc1ccc(-c2nc(CC(=O)O[C@@H](C)C(=O)Nc3cccc(Cl)c3)cs2)cc1. The molecule has 1 aromatic heterocycles. The molecule has 0 aliphatic heterocycles. The predicted octanol–water partition coefficient (Wildman–Crippen LogP) is 4.88. The van der Waals surface area contributed by atoms with Gasteiger partial charge >= 0.3 is 5.97 Å². The standard InChI is InChI=1S/C21H19ClN2O3S/c1-13-6-8-15(9-7-13)21-24-18(12-28-21)11-19(25)27-14(2)20(26)23-17-5-3-4-16(22)10-17/h3-10,12,14H,11H2,1-2H3,(H,23,26)/t14-/m0/s1. The van der Waals surface area contributed by atoms with Gasteiger partial charge in [0.2, 0.25) is 0 Å². The van der Waals surface area contributed by atoms with E-state index in [0.717, 1.165) is 10.6 Å². The van der Waals surface area contributed by atoms with Crippen LogP contribution in [-0.4, -0.2) is 23.0 Å². The number of aryl methyl sites for hydroxylation is 1. The lowest BCUT2D eigenvalue weighted by Crippen LogP contribution is -2.30. The molecule has 0 radical (unpaired) electrons. The molecule has 5 nitrogen and oxygen atoms in total. The lowest BCUT2D eigenvalue weighted by atomic mass is 10.2. The number of aromatic nitrogens is 1. The van der Waals surface area contributed by atoms with E-state index < -0.39 is 18.0 Å². The highest BCUT2D eigenvalue weighted by Gasteiger charge is 2.19. The minimum Gasteiger partial charge on any atom is -0.452 e. The number of rotatable bonds is 6. The minimum atomic E-state index is -0.929. The third kappa shape index (κ3) is 5.41. The smallest absolute Gasteiger partial charge is 0.312 e. The van der Waals surface area contributed by atoms with Gasteiger partial charge in [-0.1, -0.05) is 47.5 Å². The van der Waals surface area contributed by atoms with Gasteiger partial charge < -0.3 is 10.1 Å². The summed E-state index contributed by atoms with van der Waals surface area (Å²) in [5.41, 5.74) is 3.34. The van der Waals surface area contributed by atoms with Crippen molar-refractivity contribution in [3.05, 3.63) is 70.2 Å². The summed E-state index contributed by atoms with van der Waals surface area (Å²) in [5, 5.41) is 5.85. The van der Waals surface area contributed by atoms with Crippen LogP contribution in [0.2, 0.25) is 5.02 Å². The molecule has 2 aromatic carbocycles. The van der Waals surface area contributed by atoms with Crippen LogP contribution in [0.3, 0.4) is 0 Å². The molecular weight excluding hydrogens is 396 g/mol. The molecule has 0 aliphatic carbocycles. The van der Waals surface area contributed by atoms with E-state index in [0.29, 0.717) is 16.4 Å². The Bertz CT molecular complexity index is 985. The predicted molar refractivity (Wildman–Crippen MR) is 112 cm³/mol. The van der Waals surface area contributed by atoms with Crippen LogP contribution < -0.4 is 5.32 Å². The molecule has 0 unspecified atom stereocenters. The summed E-state index contributed by atoms with van der Waals surface area (Å²) < 4.78 is 5.23. The van der Waals surface area contributed by atoms with Gasteiger partial charge in [-0.15, -0.1) is 11.3 Å². The molecule has 28 heavy (non-hydrogen) atoms. The number of nitrogens with zero attached hydrogens (tertiary/aromatic N) is 1. The lowest BCUT2D eigenvalue weighted by Gasteiger charge is -2.13. The Labute approximate surface area is 172 Å². The Morgan fingerprint density at radius 1 is 1.21 bits per heavy atom. The van der Waals surface area contributed by atoms with Gasteiger partial charge in [-0.25, -0.2) is 4.98 Å². The number of hydrogen-bond acceptors (Lipinski definition) is 5. The lowest BCUT2D eigenvalue weighted by molar-refractivity contribution is -0.152. The third-order valence-electron chi connectivity index (χ3n) is 3.95. The Morgan fingerprint density at radius 3 is 2.68 bits per heavy atom. The molecule has 1 heterocycles. The van der Waals surface area contributed by atoms with E-state index >= 15 is 0 Å². The molecule has 0 spiro atoms. The van der Waals surface area contributed by atoms with Crippen molar-refractivity contribution in [1.29, 1.82) is 0 Å². The molecule has 7 heteroatoms. The van der Waals surface area contributed by atoms with Crippen molar-refractivity contribution in [3.8, 4) is 10.6 Å². The maximum atomic E-state index is 12.2. The number of carbonyl (C=O) groups is 2. The monoisotopic (exact) mass is 414 g/mol. The van der Waals surface area contributed by atoms with Crippen molar-refractivity contribution >= 4 is 40.5 Å². The van der Waals surface area contributed by atoms with Crippen molar-refractivity contribution in [2.45, 2.75) is 26.4 Å². The molecule has 0 saturated heterocycles. The van der Waals surface area contributed by atoms with Gasteiger partial charge in [0.1, 0.15) is 5.01 Å². The molecule has 0 saturated carbocycles. The molecule has 144 valence electrons. The molecule has 1 amide bonds. The first-order chi connectivity index (χ1) is 13.4. The highest BCUT2D eigenvalue weighted by molar-refractivity contribution is 7.13. The molecule has 0 fully saturated rings. The number of anilines is 1. The maximum Gasteiger partial charge on any atom is 0.312 e. The van der Waals surface area contributed by atoms with Crippen molar-refractivity contribution < 1.29 is 14.3 Å². The van der Waals surface area contributed by atoms with Gasteiger partial charge in [0, 0.05) is 21.7 Å². The molecule has 0 bridgehead atoms. The zero-order chi connectivity index (χ0) is 20.1. The van der Waals surface area contributed by atoms with E-state index in [-0.39, 0.29) is 6.42 Å². The van der Waals surface area contributed by atoms with Crippen LogP contribution in [0.25, 0.3) is 10.6 Å². The van der Waals surface area contributed by atoms with Crippen molar-refractivity contribution in [3.63, 3.8) is 0 Å². The number of halogens is 1. The van der Waals surface area contributed by atoms with Gasteiger partial charge in [-0.2, -0.15) is 0 Å². The van der Waals surface area contributed by atoms with Gasteiger partial charge in [0.25, 0.3) is 5.91 Å². The van der Waals surface area contributed by atoms with Crippen LogP contribution in [0, 0.1) is 6.92 Å². The summed E-state index contributed by atoms with van der Waals surface area (Å²) in [7, 11) is 0. The van der Waals surface area contributed by atoms with Gasteiger partial charge in [0.15, 0.2) is 6.10 Å². The molecular formula is C21H19ClN2O3S. The number of nitrogens with one attached hydrogen (secondary N) is 1. The van der Waals surface area contributed by atoms with Crippen LogP contribution in [0.1, 0.15) is 18.2 Å². The van der Waals surface area contributed by atoms with Gasteiger partial charge in [0.05, 0.1) is 12.1 Å². The normalized spacial score (nSPS) is 11.7. The number of benzene rings is 2. The first-order valence-electron chi connectivity index (χ1n) is 8.68. The van der Waals surface area contributed by atoms with Gasteiger partial charge in [-0.05, 0) is 32.0 Å². The third-order valence-corrected chi connectivity index (χ3v) is 5.12. The van der Waals surface area contributed by atoms with Crippen molar-refractivity contribution in [2.24, 2.45) is 0 Å². The fourth-order valence-electron chi connectivity index (χ4n) is 2.47. The van der Waals surface area contributed by atoms with Crippen LogP contribution >= 0.6 is 22.9 Å². The topological polar surface area (TPSA) is 68.3 Å². The largest absolute Gasteiger partial charge is 0.452 e. The number of thiazole rings is 1. The second kappa shape index (κ2) is 8.99.